The first-order valence-corrected chi connectivity index (χ1v) is 6.53. The Labute approximate surface area is 111 Å². The molecule has 3 rings (SSSR count). The molecule has 1 spiro atoms. The molecule has 0 bridgehead atoms. The fourth-order valence-corrected chi connectivity index (χ4v) is 3.37. The fraction of sp³-hybridized carbons (Fsp3) is 0.400. The molecule has 4 heteroatoms. The maximum Gasteiger partial charge on any atom is 0.261 e. The molecule has 0 aromatic heterocycles. The quantitative estimate of drug-likeness (QED) is 0.569. The Morgan fingerprint density at radius 3 is 2.58 bits per heavy atom. The second-order valence-electron chi connectivity index (χ2n) is 5.19. The molecule has 19 heavy (non-hydrogen) atoms. The zero-order valence-electron chi connectivity index (χ0n) is 10.6. The number of benzene rings is 1. The lowest BCUT2D eigenvalue weighted by Gasteiger charge is -2.38. The van der Waals surface area contributed by atoms with Crippen LogP contribution in [0.5, 0.6) is 0 Å². The van der Waals surface area contributed by atoms with Gasteiger partial charge in [-0.1, -0.05) is 31.0 Å². The zero-order chi connectivity index (χ0) is 13.5. The van der Waals surface area contributed by atoms with Crippen LogP contribution in [0, 0.1) is 11.3 Å². The molecule has 0 saturated heterocycles. The van der Waals surface area contributed by atoms with E-state index in [1.165, 1.54) is 0 Å². The van der Waals surface area contributed by atoms with Gasteiger partial charge in [-0.15, -0.1) is 0 Å². The van der Waals surface area contributed by atoms with Crippen molar-refractivity contribution in [3.63, 3.8) is 0 Å². The first-order chi connectivity index (χ1) is 9.20. The number of hydrogen-bond acceptors (Lipinski definition) is 3. The summed E-state index contributed by atoms with van der Waals surface area (Å²) in [5.41, 5.74) is 0.873. The number of rotatable bonds is 1. The molecule has 4 nitrogen and oxygen atoms in total. The van der Waals surface area contributed by atoms with E-state index >= 15 is 0 Å². The highest BCUT2D eigenvalue weighted by Crippen LogP contribution is 2.46. The number of carbonyl (C=O) groups is 2. The average molecular weight is 254 g/mol. The summed E-state index contributed by atoms with van der Waals surface area (Å²) in [6, 6.07) is 9.25. The standard InChI is InChI=1S/C15H14N2O2/c16-9-10-17-13(18)11-5-1-2-6-12(11)15(14(17)19)7-3-4-8-15/h1-2,5-6H,3-4,7-8,10H2. The van der Waals surface area contributed by atoms with Gasteiger partial charge in [-0.25, -0.2) is 0 Å². The van der Waals surface area contributed by atoms with Gasteiger partial charge in [0.15, 0.2) is 0 Å². The van der Waals surface area contributed by atoms with E-state index in [1.54, 1.807) is 12.1 Å². The van der Waals surface area contributed by atoms with Gasteiger partial charge < -0.3 is 0 Å². The summed E-state index contributed by atoms with van der Waals surface area (Å²) in [6.07, 6.45) is 3.54. The summed E-state index contributed by atoms with van der Waals surface area (Å²) in [7, 11) is 0. The van der Waals surface area contributed by atoms with Crippen molar-refractivity contribution in [2.24, 2.45) is 0 Å². The van der Waals surface area contributed by atoms with Crippen molar-refractivity contribution in [3.05, 3.63) is 35.4 Å². The summed E-state index contributed by atoms with van der Waals surface area (Å²) in [6.45, 7) is -0.159. The van der Waals surface area contributed by atoms with E-state index in [0.717, 1.165) is 36.1 Å². The second-order valence-corrected chi connectivity index (χ2v) is 5.19. The smallest absolute Gasteiger partial charge is 0.261 e. The van der Waals surface area contributed by atoms with Gasteiger partial charge in [0.25, 0.3) is 5.91 Å². The van der Waals surface area contributed by atoms with Crippen LogP contribution < -0.4 is 0 Å². The maximum absolute atomic E-state index is 12.7. The van der Waals surface area contributed by atoms with Crippen LogP contribution in [0.4, 0.5) is 0 Å². The molecule has 1 fully saturated rings. The Kier molecular flexibility index (Phi) is 2.63. The van der Waals surface area contributed by atoms with Crippen LogP contribution >= 0.6 is 0 Å². The van der Waals surface area contributed by atoms with Gasteiger partial charge in [0, 0.05) is 5.56 Å². The van der Waals surface area contributed by atoms with Crippen LogP contribution in [0.3, 0.4) is 0 Å². The van der Waals surface area contributed by atoms with Crippen LogP contribution in [0.1, 0.15) is 41.6 Å². The van der Waals surface area contributed by atoms with E-state index in [1.807, 2.05) is 18.2 Å². The summed E-state index contributed by atoms with van der Waals surface area (Å²) in [4.78, 5) is 26.1. The maximum atomic E-state index is 12.7. The molecule has 1 aliphatic carbocycles. The summed E-state index contributed by atoms with van der Waals surface area (Å²) >= 11 is 0. The van der Waals surface area contributed by atoms with Crippen molar-refractivity contribution in [1.29, 1.82) is 5.26 Å². The molecule has 1 heterocycles. The molecule has 2 amide bonds. The van der Waals surface area contributed by atoms with Crippen LogP contribution in [-0.2, 0) is 10.2 Å². The first-order valence-electron chi connectivity index (χ1n) is 6.53. The van der Waals surface area contributed by atoms with Crippen molar-refractivity contribution in [2.45, 2.75) is 31.1 Å². The van der Waals surface area contributed by atoms with Gasteiger partial charge in [0.2, 0.25) is 5.91 Å². The fourth-order valence-electron chi connectivity index (χ4n) is 3.37. The molecule has 1 aliphatic heterocycles. The molecule has 1 aromatic carbocycles. The number of nitriles is 1. The van der Waals surface area contributed by atoms with Crippen molar-refractivity contribution in [1.82, 2.24) is 4.90 Å². The number of amides is 2. The zero-order valence-corrected chi connectivity index (χ0v) is 10.6. The van der Waals surface area contributed by atoms with Crippen LogP contribution in [0.15, 0.2) is 24.3 Å². The Bertz CT molecular complexity index is 594. The number of carbonyl (C=O) groups excluding carboxylic acids is 2. The van der Waals surface area contributed by atoms with Crippen LogP contribution in [-0.4, -0.2) is 23.3 Å². The van der Waals surface area contributed by atoms with Gasteiger partial charge in [-0.3, -0.25) is 14.5 Å². The lowest BCUT2D eigenvalue weighted by atomic mass is 9.73. The minimum absolute atomic E-state index is 0.159. The van der Waals surface area contributed by atoms with E-state index in [-0.39, 0.29) is 18.4 Å². The van der Waals surface area contributed by atoms with Crippen molar-refractivity contribution in [2.75, 3.05) is 6.54 Å². The van der Waals surface area contributed by atoms with E-state index < -0.39 is 5.41 Å². The molecule has 1 saturated carbocycles. The number of imide groups is 1. The molecule has 0 N–H and O–H groups in total. The third kappa shape index (κ3) is 1.51. The lowest BCUT2D eigenvalue weighted by Crippen LogP contribution is -2.53. The SMILES string of the molecule is N#CCN1C(=O)c2ccccc2C2(CCCC2)C1=O. The number of fused-ring (bicyclic) bond motifs is 2. The highest BCUT2D eigenvalue weighted by Gasteiger charge is 2.51. The van der Waals surface area contributed by atoms with Crippen LogP contribution in [0.25, 0.3) is 0 Å². The average Bonchev–Trinajstić information content (AvgIpc) is 2.92. The molecule has 0 radical (unpaired) electrons. The van der Waals surface area contributed by atoms with Crippen molar-refractivity contribution < 1.29 is 9.59 Å². The molecular formula is C15H14N2O2. The Hall–Kier alpha value is -2.15. The van der Waals surface area contributed by atoms with E-state index in [4.69, 9.17) is 5.26 Å². The van der Waals surface area contributed by atoms with E-state index in [2.05, 4.69) is 0 Å². The van der Waals surface area contributed by atoms with E-state index in [0.29, 0.717) is 5.56 Å². The monoisotopic (exact) mass is 254 g/mol. The number of nitrogens with zero attached hydrogens (tertiary/aromatic N) is 2. The van der Waals surface area contributed by atoms with Crippen molar-refractivity contribution >= 4 is 11.8 Å². The predicted molar refractivity (Wildman–Crippen MR) is 68.2 cm³/mol. The third-order valence-electron chi connectivity index (χ3n) is 4.26. The van der Waals surface area contributed by atoms with Gasteiger partial charge in [0.05, 0.1) is 11.5 Å². The largest absolute Gasteiger partial charge is 0.273 e. The van der Waals surface area contributed by atoms with E-state index in [9.17, 15) is 9.59 Å². The molecule has 96 valence electrons. The summed E-state index contributed by atoms with van der Waals surface area (Å²) < 4.78 is 0. The highest BCUT2D eigenvalue weighted by atomic mass is 16.2. The highest BCUT2D eigenvalue weighted by molar-refractivity contribution is 6.13. The summed E-state index contributed by atoms with van der Waals surface area (Å²) in [5, 5.41) is 8.84. The molecule has 0 atom stereocenters. The molecular weight excluding hydrogens is 240 g/mol. The van der Waals surface area contributed by atoms with Gasteiger partial charge >= 0.3 is 0 Å². The third-order valence-corrected chi connectivity index (χ3v) is 4.26. The van der Waals surface area contributed by atoms with Gasteiger partial charge in [-0.05, 0) is 24.5 Å². The Morgan fingerprint density at radius 2 is 1.89 bits per heavy atom. The Morgan fingerprint density at radius 1 is 1.21 bits per heavy atom. The van der Waals surface area contributed by atoms with Crippen LogP contribution in [0.2, 0.25) is 0 Å². The predicted octanol–water partition coefficient (Wildman–Crippen LogP) is 2.00. The second kappa shape index (κ2) is 4.20. The molecule has 0 unspecified atom stereocenters. The minimum Gasteiger partial charge on any atom is -0.273 e. The lowest BCUT2D eigenvalue weighted by molar-refractivity contribution is -0.134. The van der Waals surface area contributed by atoms with Gasteiger partial charge in [0.1, 0.15) is 6.54 Å². The molecule has 1 aromatic rings. The Balaban J connectivity index is 2.20. The number of hydrogen-bond donors (Lipinski definition) is 0. The summed E-state index contributed by atoms with van der Waals surface area (Å²) in [5.74, 6) is -0.519. The minimum atomic E-state index is -0.568. The normalized spacial score (nSPS) is 20.5. The van der Waals surface area contributed by atoms with Gasteiger partial charge in [-0.2, -0.15) is 5.26 Å². The first kappa shape index (κ1) is 11.9. The molecule has 2 aliphatic rings. The topological polar surface area (TPSA) is 61.2 Å². The van der Waals surface area contributed by atoms with Crippen molar-refractivity contribution in [3.8, 4) is 6.07 Å².